The number of hydrogen-bond donors (Lipinski definition) is 1. The lowest BCUT2D eigenvalue weighted by Gasteiger charge is -2.07. The van der Waals surface area contributed by atoms with E-state index in [1.807, 2.05) is 50.2 Å². The molecule has 0 radical (unpaired) electrons. The second kappa shape index (κ2) is 5.09. The summed E-state index contributed by atoms with van der Waals surface area (Å²) in [5.74, 6) is 0.727. The summed E-state index contributed by atoms with van der Waals surface area (Å²) < 4.78 is 5.39. The van der Waals surface area contributed by atoms with Crippen LogP contribution in [0.5, 0.6) is 5.75 Å². The fourth-order valence-corrected chi connectivity index (χ4v) is 2.71. The minimum absolute atomic E-state index is 0.0169. The summed E-state index contributed by atoms with van der Waals surface area (Å²) in [6.07, 6.45) is 1.76. The van der Waals surface area contributed by atoms with Crippen molar-refractivity contribution in [1.82, 2.24) is 4.98 Å². The molecule has 0 saturated carbocycles. The SMILES string of the molecule is COc1cccc2[nH]cc(C(=O)c3ccc(C)cc3C)c12. The van der Waals surface area contributed by atoms with Gasteiger partial charge in [0.25, 0.3) is 0 Å². The third-order valence-electron chi connectivity index (χ3n) is 3.76. The molecule has 2 aromatic carbocycles. The van der Waals surface area contributed by atoms with Crippen molar-refractivity contribution in [2.45, 2.75) is 13.8 Å². The normalized spacial score (nSPS) is 10.8. The molecule has 0 atom stereocenters. The number of fused-ring (bicyclic) bond motifs is 1. The molecule has 0 amide bonds. The number of ketones is 1. The lowest BCUT2D eigenvalue weighted by atomic mass is 9.97. The number of ether oxygens (including phenoxy) is 1. The molecule has 3 nitrogen and oxygen atoms in total. The van der Waals surface area contributed by atoms with Crippen molar-refractivity contribution in [2.24, 2.45) is 0 Å². The van der Waals surface area contributed by atoms with Gasteiger partial charge in [0.05, 0.1) is 18.1 Å². The predicted octanol–water partition coefficient (Wildman–Crippen LogP) is 4.02. The van der Waals surface area contributed by atoms with Gasteiger partial charge in [-0.05, 0) is 31.5 Å². The van der Waals surface area contributed by atoms with Crippen LogP contribution in [0, 0.1) is 13.8 Å². The summed E-state index contributed by atoms with van der Waals surface area (Å²) >= 11 is 0. The Morgan fingerprint density at radius 1 is 1.10 bits per heavy atom. The van der Waals surface area contributed by atoms with E-state index < -0.39 is 0 Å². The largest absolute Gasteiger partial charge is 0.496 e. The molecule has 0 aliphatic rings. The molecule has 0 fully saturated rings. The second-order valence-corrected chi connectivity index (χ2v) is 5.23. The van der Waals surface area contributed by atoms with E-state index in [0.717, 1.165) is 27.6 Å². The molecule has 0 saturated heterocycles. The lowest BCUT2D eigenvalue weighted by Crippen LogP contribution is -2.03. The van der Waals surface area contributed by atoms with E-state index in [1.165, 1.54) is 0 Å². The predicted molar refractivity (Wildman–Crippen MR) is 84.2 cm³/mol. The van der Waals surface area contributed by atoms with Gasteiger partial charge in [-0.1, -0.05) is 29.8 Å². The van der Waals surface area contributed by atoms with Gasteiger partial charge < -0.3 is 9.72 Å². The molecule has 0 bridgehead atoms. The number of rotatable bonds is 3. The molecule has 1 N–H and O–H groups in total. The second-order valence-electron chi connectivity index (χ2n) is 5.23. The van der Waals surface area contributed by atoms with Gasteiger partial charge in [-0.15, -0.1) is 0 Å². The number of nitrogens with one attached hydrogen (secondary N) is 1. The van der Waals surface area contributed by atoms with Gasteiger partial charge in [-0.25, -0.2) is 0 Å². The molecule has 0 aliphatic carbocycles. The highest BCUT2D eigenvalue weighted by Crippen LogP contribution is 2.30. The molecule has 1 aromatic heterocycles. The molecule has 3 rings (SSSR count). The average Bonchev–Trinajstić information content (AvgIpc) is 2.90. The van der Waals surface area contributed by atoms with E-state index in [0.29, 0.717) is 11.3 Å². The molecular weight excluding hydrogens is 262 g/mol. The number of aryl methyl sites for hydroxylation is 2. The first-order valence-corrected chi connectivity index (χ1v) is 6.88. The van der Waals surface area contributed by atoms with Crippen LogP contribution in [-0.4, -0.2) is 17.9 Å². The van der Waals surface area contributed by atoms with Gasteiger partial charge in [-0.2, -0.15) is 0 Å². The fourth-order valence-electron chi connectivity index (χ4n) is 2.71. The highest BCUT2D eigenvalue weighted by atomic mass is 16.5. The summed E-state index contributed by atoms with van der Waals surface area (Å²) in [6, 6.07) is 11.6. The van der Waals surface area contributed by atoms with E-state index in [2.05, 4.69) is 4.98 Å². The summed E-state index contributed by atoms with van der Waals surface area (Å²) in [4.78, 5) is 16.0. The van der Waals surface area contributed by atoms with Crippen LogP contribution in [0.2, 0.25) is 0 Å². The summed E-state index contributed by atoms with van der Waals surface area (Å²) in [5, 5.41) is 0.838. The molecule has 3 heteroatoms. The number of benzene rings is 2. The third-order valence-corrected chi connectivity index (χ3v) is 3.76. The molecule has 21 heavy (non-hydrogen) atoms. The molecule has 1 heterocycles. The average molecular weight is 279 g/mol. The summed E-state index contributed by atoms with van der Waals surface area (Å²) in [5.41, 5.74) is 4.43. The van der Waals surface area contributed by atoms with Gasteiger partial charge in [0.2, 0.25) is 0 Å². The van der Waals surface area contributed by atoms with Gasteiger partial charge in [-0.3, -0.25) is 4.79 Å². The van der Waals surface area contributed by atoms with Crippen LogP contribution in [0.15, 0.2) is 42.6 Å². The monoisotopic (exact) mass is 279 g/mol. The van der Waals surface area contributed by atoms with Gasteiger partial charge in [0.1, 0.15) is 5.75 Å². The Kier molecular flexibility index (Phi) is 3.26. The Balaban J connectivity index is 2.18. The Labute approximate surface area is 123 Å². The standard InChI is InChI=1S/C18H17NO2/c1-11-7-8-13(12(2)9-11)18(20)14-10-19-15-5-4-6-16(21-3)17(14)15/h4-10,19H,1-3H3. The van der Waals surface area contributed by atoms with Crippen LogP contribution in [0.25, 0.3) is 10.9 Å². The number of H-pyrrole nitrogens is 1. The quantitative estimate of drug-likeness (QED) is 0.736. The van der Waals surface area contributed by atoms with E-state index in [9.17, 15) is 4.79 Å². The number of carbonyl (C=O) groups excluding carboxylic acids is 1. The van der Waals surface area contributed by atoms with E-state index in [4.69, 9.17) is 4.74 Å². The van der Waals surface area contributed by atoms with Crippen molar-refractivity contribution in [3.05, 3.63) is 64.8 Å². The van der Waals surface area contributed by atoms with Gasteiger partial charge >= 0.3 is 0 Å². The topological polar surface area (TPSA) is 42.1 Å². The maximum absolute atomic E-state index is 12.8. The maximum Gasteiger partial charge on any atom is 0.195 e. The van der Waals surface area contributed by atoms with Crippen molar-refractivity contribution < 1.29 is 9.53 Å². The van der Waals surface area contributed by atoms with Crippen molar-refractivity contribution >= 4 is 16.7 Å². The summed E-state index contributed by atoms with van der Waals surface area (Å²) in [6.45, 7) is 3.99. The van der Waals surface area contributed by atoms with Crippen molar-refractivity contribution in [3.63, 3.8) is 0 Å². The van der Waals surface area contributed by atoms with Gasteiger partial charge in [0, 0.05) is 17.3 Å². The van der Waals surface area contributed by atoms with E-state index in [-0.39, 0.29) is 5.78 Å². The Morgan fingerprint density at radius 3 is 2.62 bits per heavy atom. The Bertz CT molecular complexity index is 830. The first kappa shape index (κ1) is 13.4. The lowest BCUT2D eigenvalue weighted by molar-refractivity contribution is 0.103. The number of carbonyl (C=O) groups is 1. The Hall–Kier alpha value is -2.55. The number of aromatic nitrogens is 1. The zero-order valence-corrected chi connectivity index (χ0v) is 12.4. The van der Waals surface area contributed by atoms with Crippen LogP contribution < -0.4 is 4.74 Å². The Morgan fingerprint density at radius 2 is 1.90 bits per heavy atom. The molecule has 3 aromatic rings. The van der Waals surface area contributed by atoms with E-state index >= 15 is 0 Å². The van der Waals surface area contributed by atoms with Gasteiger partial charge in [0.15, 0.2) is 5.78 Å². The van der Waals surface area contributed by atoms with Crippen LogP contribution >= 0.6 is 0 Å². The number of hydrogen-bond acceptors (Lipinski definition) is 2. The molecule has 106 valence electrons. The minimum atomic E-state index is 0.0169. The van der Waals surface area contributed by atoms with Crippen LogP contribution in [0.3, 0.4) is 0 Å². The number of methoxy groups -OCH3 is 1. The van der Waals surface area contributed by atoms with Crippen LogP contribution in [-0.2, 0) is 0 Å². The van der Waals surface area contributed by atoms with Crippen LogP contribution in [0.4, 0.5) is 0 Å². The molecule has 0 aliphatic heterocycles. The van der Waals surface area contributed by atoms with Crippen molar-refractivity contribution in [1.29, 1.82) is 0 Å². The number of aromatic amines is 1. The fraction of sp³-hybridized carbons (Fsp3) is 0.167. The highest BCUT2D eigenvalue weighted by Gasteiger charge is 2.18. The van der Waals surface area contributed by atoms with E-state index in [1.54, 1.807) is 13.3 Å². The smallest absolute Gasteiger partial charge is 0.195 e. The van der Waals surface area contributed by atoms with Crippen molar-refractivity contribution in [3.8, 4) is 5.75 Å². The summed E-state index contributed by atoms with van der Waals surface area (Å²) in [7, 11) is 1.62. The van der Waals surface area contributed by atoms with Crippen molar-refractivity contribution in [2.75, 3.05) is 7.11 Å². The zero-order chi connectivity index (χ0) is 15.0. The zero-order valence-electron chi connectivity index (χ0n) is 12.4. The highest BCUT2D eigenvalue weighted by molar-refractivity contribution is 6.18. The maximum atomic E-state index is 12.8. The first-order valence-electron chi connectivity index (χ1n) is 6.88. The molecule has 0 unspecified atom stereocenters. The minimum Gasteiger partial charge on any atom is -0.496 e. The molecule has 0 spiro atoms. The first-order chi connectivity index (χ1) is 10.1. The van der Waals surface area contributed by atoms with Crippen LogP contribution in [0.1, 0.15) is 27.0 Å². The third kappa shape index (κ3) is 2.21. The molecular formula is C18H17NO2.